The van der Waals surface area contributed by atoms with Crippen molar-refractivity contribution in [1.82, 2.24) is 20.2 Å². The van der Waals surface area contributed by atoms with Crippen molar-refractivity contribution in [3.63, 3.8) is 0 Å². The Balaban J connectivity index is 1.69. The number of aromatic nitrogens is 2. The first-order chi connectivity index (χ1) is 11.5. The van der Waals surface area contributed by atoms with Crippen LogP contribution in [0.1, 0.15) is 32.5 Å². The van der Waals surface area contributed by atoms with Gasteiger partial charge in [0.2, 0.25) is 11.8 Å². The second-order valence-electron chi connectivity index (χ2n) is 6.44. The van der Waals surface area contributed by atoms with E-state index in [2.05, 4.69) is 15.3 Å². The summed E-state index contributed by atoms with van der Waals surface area (Å²) in [5, 5.41) is 2.83. The van der Waals surface area contributed by atoms with Gasteiger partial charge in [-0.25, -0.2) is 9.37 Å². The lowest BCUT2D eigenvalue weighted by atomic mass is 10.0. The van der Waals surface area contributed by atoms with Crippen LogP contribution in [0.15, 0.2) is 18.2 Å². The van der Waals surface area contributed by atoms with Crippen molar-refractivity contribution < 1.29 is 14.0 Å². The molecule has 2 aromatic rings. The van der Waals surface area contributed by atoms with Gasteiger partial charge < -0.3 is 15.2 Å². The Kier molecular flexibility index (Phi) is 4.51. The maximum Gasteiger partial charge on any atom is 0.243 e. The minimum absolute atomic E-state index is 0.0248. The highest BCUT2D eigenvalue weighted by atomic mass is 19.1. The molecule has 24 heavy (non-hydrogen) atoms. The van der Waals surface area contributed by atoms with Crippen LogP contribution < -0.4 is 5.32 Å². The highest BCUT2D eigenvalue weighted by Crippen LogP contribution is 2.19. The van der Waals surface area contributed by atoms with Crippen molar-refractivity contribution in [2.24, 2.45) is 5.92 Å². The predicted molar refractivity (Wildman–Crippen MR) is 87.5 cm³/mol. The molecular formula is C17H21FN4O2. The molecule has 1 saturated heterocycles. The molecule has 6 nitrogen and oxygen atoms in total. The topological polar surface area (TPSA) is 78.1 Å². The first-order valence-electron chi connectivity index (χ1n) is 8.17. The van der Waals surface area contributed by atoms with Crippen molar-refractivity contribution in [2.75, 3.05) is 6.54 Å². The molecule has 7 heteroatoms. The van der Waals surface area contributed by atoms with E-state index in [1.807, 2.05) is 13.8 Å². The number of H-pyrrole nitrogens is 1. The van der Waals surface area contributed by atoms with E-state index < -0.39 is 6.04 Å². The summed E-state index contributed by atoms with van der Waals surface area (Å²) >= 11 is 0. The quantitative estimate of drug-likeness (QED) is 0.879. The average molecular weight is 332 g/mol. The summed E-state index contributed by atoms with van der Waals surface area (Å²) in [5.41, 5.74) is 1.24. The third-order valence-electron chi connectivity index (χ3n) is 4.27. The molecule has 1 atom stereocenters. The van der Waals surface area contributed by atoms with E-state index in [-0.39, 0.29) is 30.1 Å². The number of carbonyl (C=O) groups is 2. The molecule has 128 valence electrons. The van der Waals surface area contributed by atoms with Crippen LogP contribution in [0.5, 0.6) is 0 Å². The number of hydrogen-bond donors (Lipinski definition) is 2. The molecule has 0 bridgehead atoms. The molecule has 2 N–H and O–H groups in total. The lowest BCUT2D eigenvalue weighted by Gasteiger charge is -2.29. The molecule has 0 saturated carbocycles. The molecule has 1 aromatic heterocycles. The molecular weight excluding hydrogens is 311 g/mol. The van der Waals surface area contributed by atoms with Gasteiger partial charge in [-0.1, -0.05) is 13.8 Å². The van der Waals surface area contributed by atoms with Gasteiger partial charge in [0.15, 0.2) is 0 Å². The number of hydrogen-bond acceptors (Lipinski definition) is 3. The van der Waals surface area contributed by atoms with E-state index in [9.17, 15) is 14.0 Å². The third-order valence-corrected chi connectivity index (χ3v) is 4.27. The van der Waals surface area contributed by atoms with Crippen molar-refractivity contribution in [2.45, 2.75) is 39.3 Å². The molecule has 1 aromatic carbocycles. The standard InChI is InChI=1S/C17H21FN4O2/c1-10(2)16(22-7-3-4-15(22)23)17(24)19-9-14-20-12-6-5-11(18)8-13(12)21-14/h5-6,8,10,16H,3-4,7,9H2,1-2H3,(H,19,24)(H,20,21)/t16-/m0/s1. The maximum atomic E-state index is 13.2. The smallest absolute Gasteiger partial charge is 0.243 e. The van der Waals surface area contributed by atoms with E-state index in [1.165, 1.54) is 12.1 Å². The second-order valence-corrected chi connectivity index (χ2v) is 6.44. The van der Waals surface area contributed by atoms with E-state index in [1.54, 1.807) is 11.0 Å². The monoisotopic (exact) mass is 332 g/mol. The minimum atomic E-state index is -0.471. The Morgan fingerprint density at radius 3 is 2.92 bits per heavy atom. The Morgan fingerprint density at radius 1 is 1.46 bits per heavy atom. The number of amides is 2. The zero-order valence-corrected chi connectivity index (χ0v) is 13.8. The Hall–Kier alpha value is -2.44. The molecule has 0 spiro atoms. The number of fused-ring (bicyclic) bond motifs is 1. The summed E-state index contributed by atoms with van der Waals surface area (Å²) in [6.45, 7) is 4.69. The van der Waals surface area contributed by atoms with Gasteiger partial charge in [-0.2, -0.15) is 0 Å². The molecule has 1 aliphatic heterocycles. The third kappa shape index (κ3) is 3.25. The van der Waals surface area contributed by atoms with Crippen LogP contribution in [0.3, 0.4) is 0 Å². The summed E-state index contributed by atoms with van der Waals surface area (Å²) in [4.78, 5) is 33.5. The van der Waals surface area contributed by atoms with Crippen LogP contribution in [0.2, 0.25) is 0 Å². The van der Waals surface area contributed by atoms with Crippen molar-refractivity contribution in [1.29, 1.82) is 0 Å². The number of halogens is 1. The van der Waals surface area contributed by atoms with Gasteiger partial charge in [0.1, 0.15) is 17.7 Å². The molecule has 0 unspecified atom stereocenters. The molecule has 2 heterocycles. The number of aromatic amines is 1. The van der Waals surface area contributed by atoms with Crippen molar-refractivity contribution in [3.05, 3.63) is 29.8 Å². The normalized spacial score (nSPS) is 16.2. The number of benzene rings is 1. The predicted octanol–water partition coefficient (Wildman–Crippen LogP) is 1.97. The fraction of sp³-hybridized carbons (Fsp3) is 0.471. The minimum Gasteiger partial charge on any atom is -0.347 e. The largest absolute Gasteiger partial charge is 0.347 e. The van der Waals surface area contributed by atoms with Crippen LogP contribution in [-0.4, -0.2) is 39.3 Å². The molecule has 3 rings (SSSR count). The Labute approximate surface area is 139 Å². The molecule has 2 amide bonds. The van der Waals surface area contributed by atoms with E-state index in [0.29, 0.717) is 29.8 Å². The number of likely N-dealkylation sites (tertiary alicyclic amines) is 1. The number of nitrogens with zero attached hydrogens (tertiary/aromatic N) is 2. The summed E-state index contributed by atoms with van der Waals surface area (Å²) in [6.07, 6.45) is 1.30. The van der Waals surface area contributed by atoms with Gasteiger partial charge in [-0.3, -0.25) is 9.59 Å². The van der Waals surface area contributed by atoms with Crippen molar-refractivity contribution >= 4 is 22.8 Å². The molecule has 0 aliphatic carbocycles. The second kappa shape index (κ2) is 6.59. The number of imidazole rings is 1. The lowest BCUT2D eigenvalue weighted by Crippen LogP contribution is -2.50. The number of carbonyl (C=O) groups excluding carboxylic acids is 2. The number of nitrogens with one attached hydrogen (secondary N) is 2. The number of rotatable bonds is 5. The van der Waals surface area contributed by atoms with Gasteiger partial charge in [-0.15, -0.1) is 0 Å². The van der Waals surface area contributed by atoms with Crippen LogP contribution in [-0.2, 0) is 16.1 Å². The summed E-state index contributed by atoms with van der Waals surface area (Å²) in [5.74, 6) is 0.0834. The highest BCUT2D eigenvalue weighted by molar-refractivity contribution is 5.88. The van der Waals surface area contributed by atoms with Gasteiger partial charge in [0.05, 0.1) is 17.6 Å². The fourth-order valence-corrected chi connectivity index (χ4v) is 3.16. The summed E-state index contributed by atoms with van der Waals surface area (Å²) < 4.78 is 13.2. The molecule has 1 aliphatic rings. The Morgan fingerprint density at radius 2 is 2.25 bits per heavy atom. The van der Waals surface area contributed by atoms with Crippen LogP contribution >= 0.6 is 0 Å². The van der Waals surface area contributed by atoms with Crippen LogP contribution in [0, 0.1) is 11.7 Å². The molecule has 1 fully saturated rings. The highest BCUT2D eigenvalue weighted by Gasteiger charge is 2.34. The SMILES string of the molecule is CC(C)[C@@H](C(=O)NCc1nc2ccc(F)cc2[nH]1)N1CCCC1=O. The van der Waals surface area contributed by atoms with E-state index in [4.69, 9.17) is 0 Å². The van der Waals surface area contributed by atoms with Gasteiger partial charge >= 0.3 is 0 Å². The average Bonchev–Trinajstić information content (AvgIpc) is 3.11. The zero-order valence-electron chi connectivity index (χ0n) is 13.8. The van der Waals surface area contributed by atoms with E-state index in [0.717, 1.165) is 6.42 Å². The van der Waals surface area contributed by atoms with E-state index >= 15 is 0 Å². The summed E-state index contributed by atoms with van der Waals surface area (Å²) in [7, 11) is 0. The summed E-state index contributed by atoms with van der Waals surface area (Å²) in [6, 6.07) is 3.83. The van der Waals surface area contributed by atoms with Gasteiger partial charge in [0.25, 0.3) is 0 Å². The first-order valence-corrected chi connectivity index (χ1v) is 8.17. The maximum absolute atomic E-state index is 13.2. The molecule has 0 radical (unpaired) electrons. The van der Waals surface area contributed by atoms with Crippen LogP contribution in [0.25, 0.3) is 11.0 Å². The Bertz CT molecular complexity index is 771. The zero-order chi connectivity index (χ0) is 17.3. The fourth-order valence-electron chi connectivity index (χ4n) is 3.16. The lowest BCUT2D eigenvalue weighted by molar-refractivity contribution is -0.139. The van der Waals surface area contributed by atoms with Crippen molar-refractivity contribution in [3.8, 4) is 0 Å². The van der Waals surface area contributed by atoms with Gasteiger partial charge in [-0.05, 0) is 30.5 Å². The first kappa shape index (κ1) is 16.4. The van der Waals surface area contributed by atoms with Gasteiger partial charge in [0, 0.05) is 13.0 Å². The van der Waals surface area contributed by atoms with Crippen LogP contribution in [0.4, 0.5) is 4.39 Å².